The number of nitrogens with zero attached hydrogens (tertiary/aromatic N) is 10. The van der Waals surface area contributed by atoms with Gasteiger partial charge in [0.1, 0.15) is 0 Å². The Morgan fingerprint density at radius 2 is 0.470 bits per heavy atom. The van der Waals surface area contributed by atoms with Gasteiger partial charge in [-0.05, 0) is 121 Å². The predicted octanol–water partition coefficient (Wildman–Crippen LogP) is 12.3. The molecule has 0 radical (unpaired) electrons. The van der Waals surface area contributed by atoms with Crippen molar-refractivity contribution in [3.8, 4) is 113 Å². The highest BCUT2D eigenvalue weighted by Gasteiger charge is 2.19. The molecular formula is C56H36N10. The lowest BCUT2D eigenvalue weighted by atomic mass is 10.0. The van der Waals surface area contributed by atoms with Crippen molar-refractivity contribution in [2.24, 2.45) is 0 Å². The SMILES string of the molecule is c1ccc(-c2cccc(-c3ccc(-c4ccc(-c5ccc(-c6cccc(-c7ccccn7)n6)c(-c6cccc(-c7ccccn7)n6)n5)cc4)nc3-c3cccc(-c4ccccn4)n3)n2)nc1. The summed E-state index contributed by atoms with van der Waals surface area (Å²) >= 11 is 0. The van der Waals surface area contributed by atoms with E-state index >= 15 is 0 Å². The third-order valence-corrected chi connectivity index (χ3v) is 11.0. The highest BCUT2D eigenvalue weighted by Crippen LogP contribution is 2.36. The van der Waals surface area contributed by atoms with Crippen LogP contribution in [0, 0.1) is 0 Å². The van der Waals surface area contributed by atoms with Crippen LogP contribution in [0.4, 0.5) is 0 Å². The van der Waals surface area contributed by atoms with E-state index in [9.17, 15) is 0 Å². The Morgan fingerprint density at radius 1 is 0.182 bits per heavy atom. The molecule has 0 aliphatic carbocycles. The Kier molecular flexibility index (Phi) is 10.7. The fraction of sp³-hybridized carbons (Fsp3) is 0. The molecule has 1 aromatic carbocycles. The molecule has 10 aromatic heterocycles. The van der Waals surface area contributed by atoms with Crippen molar-refractivity contribution < 1.29 is 0 Å². The minimum atomic E-state index is 0.697. The van der Waals surface area contributed by atoms with Crippen molar-refractivity contribution in [2.75, 3.05) is 0 Å². The average molecular weight is 849 g/mol. The number of hydrogen-bond acceptors (Lipinski definition) is 10. The summed E-state index contributed by atoms with van der Waals surface area (Å²) in [4.78, 5) is 49.1. The molecule has 0 bridgehead atoms. The first kappa shape index (κ1) is 39.6. The van der Waals surface area contributed by atoms with Gasteiger partial charge in [-0.1, -0.05) is 72.8 Å². The first-order valence-electron chi connectivity index (χ1n) is 21.4. The zero-order valence-corrected chi connectivity index (χ0v) is 35.3. The second-order valence-electron chi connectivity index (χ2n) is 15.3. The fourth-order valence-electron chi connectivity index (χ4n) is 7.79. The lowest BCUT2D eigenvalue weighted by Crippen LogP contribution is -1.99. The molecule has 310 valence electrons. The zero-order valence-electron chi connectivity index (χ0n) is 35.3. The summed E-state index contributed by atoms with van der Waals surface area (Å²) in [6.45, 7) is 0. The van der Waals surface area contributed by atoms with E-state index in [1.54, 1.807) is 24.8 Å². The summed E-state index contributed by atoms with van der Waals surface area (Å²) in [5.41, 5.74) is 15.6. The Labute approximate surface area is 380 Å². The predicted molar refractivity (Wildman–Crippen MR) is 259 cm³/mol. The van der Waals surface area contributed by atoms with E-state index < -0.39 is 0 Å². The van der Waals surface area contributed by atoms with E-state index in [1.165, 1.54) is 0 Å². The van der Waals surface area contributed by atoms with Crippen LogP contribution in [0.3, 0.4) is 0 Å². The van der Waals surface area contributed by atoms with Gasteiger partial charge in [0, 0.05) is 47.0 Å². The Bertz CT molecular complexity index is 3230. The third-order valence-electron chi connectivity index (χ3n) is 11.0. The molecule has 0 saturated heterocycles. The maximum atomic E-state index is 5.31. The minimum Gasteiger partial charge on any atom is -0.255 e. The quantitative estimate of drug-likeness (QED) is 0.131. The molecule has 0 spiro atoms. The van der Waals surface area contributed by atoms with Crippen LogP contribution >= 0.6 is 0 Å². The van der Waals surface area contributed by atoms with E-state index in [-0.39, 0.29) is 0 Å². The van der Waals surface area contributed by atoms with Crippen LogP contribution in [0.25, 0.3) is 113 Å². The number of hydrogen-bond donors (Lipinski definition) is 0. The summed E-state index contributed by atoms with van der Waals surface area (Å²) in [6.07, 6.45) is 7.09. The molecule has 0 aliphatic heterocycles. The summed E-state index contributed by atoms with van der Waals surface area (Å²) in [5.74, 6) is 0. The van der Waals surface area contributed by atoms with E-state index in [0.717, 1.165) is 90.6 Å². The van der Waals surface area contributed by atoms with E-state index in [4.69, 9.17) is 29.9 Å². The van der Waals surface area contributed by atoms with Crippen LogP contribution < -0.4 is 0 Å². The standard InChI is InChI=1S/C56H36N10/c1-5-33-57-45(13-1)49-19-9-17-43(61-49)39-29-31-41(65-55(39)53-23-11-21-51(63-53)47-15-3-7-35-59-47)37-25-27-38(28-26-37)42-32-30-40(44-18-10-20-50(62-44)46-14-2-6-34-58-46)56(66-42)54-24-12-22-52(64-54)48-16-4-8-36-60-48/h1-36H. The first-order chi connectivity index (χ1) is 32.7. The molecule has 0 fully saturated rings. The highest BCUT2D eigenvalue weighted by atomic mass is 14.9. The van der Waals surface area contributed by atoms with Crippen LogP contribution in [0.5, 0.6) is 0 Å². The molecule has 10 heterocycles. The summed E-state index contributed by atoms with van der Waals surface area (Å²) in [7, 11) is 0. The number of aromatic nitrogens is 10. The maximum Gasteiger partial charge on any atom is 0.0987 e. The van der Waals surface area contributed by atoms with Crippen molar-refractivity contribution in [1.82, 2.24) is 49.8 Å². The van der Waals surface area contributed by atoms with Crippen LogP contribution in [0.15, 0.2) is 219 Å². The Hall–Kier alpha value is -9.28. The summed E-state index contributed by atoms with van der Waals surface area (Å²) in [5, 5.41) is 0. The van der Waals surface area contributed by atoms with Gasteiger partial charge in [-0.15, -0.1) is 0 Å². The second-order valence-corrected chi connectivity index (χ2v) is 15.3. The Balaban J connectivity index is 0.987. The van der Waals surface area contributed by atoms with Crippen molar-refractivity contribution in [1.29, 1.82) is 0 Å². The lowest BCUT2D eigenvalue weighted by Gasteiger charge is -2.14. The van der Waals surface area contributed by atoms with E-state index in [1.807, 2.05) is 158 Å². The molecule has 0 atom stereocenters. The molecule has 0 aliphatic rings. The summed E-state index contributed by atoms with van der Waals surface area (Å²) in [6, 6.07) is 63.5. The fourth-order valence-corrected chi connectivity index (χ4v) is 7.79. The average Bonchev–Trinajstić information content (AvgIpc) is 3.42. The number of rotatable bonds is 10. The maximum absolute atomic E-state index is 5.31. The molecule has 10 heteroatoms. The van der Waals surface area contributed by atoms with Gasteiger partial charge in [-0.3, -0.25) is 19.9 Å². The zero-order chi connectivity index (χ0) is 44.1. The van der Waals surface area contributed by atoms with Crippen molar-refractivity contribution >= 4 is 0 Å². The van der Waals surface area contributed by atoms with Gasteiger partial charge in [-0.2, -0.15) is 0 Å². The van der Waals surface area contributed by atoms with Crippen LogP contribution in [0.1, 0.15) is 0 Å². The van der Waals surface area contributed by atoms with Crippen molar-refractivity contribution in [3.05, 3.63) is 219 Å². The van der Waals surface area contributed by atoms with Crippen LogP contribution in [0.2, 0.25) is 0 Å². The summed E-state index contributed by atoms with van der Waals surface area (Å²) < 4.78 is 0. The van der Waals surface area contributed by atoms with Crippen molar-refractivity contribution in [2.45, 2.75) is 0 Å². The van der Waals surface area contributed by atoms with Gasteiger partial charge in [0.2, 0.25) is 0 Å². The van der Waals surface area contributed by atoms with Gasteiger partial charge in [-0.25, -0.2) is 29.9 Å². The number of pyridine rings is 10. The molecule has 11 rings (SSSR count). The van der Waals surface area contributed by atoms with Crippen molar-refractivity contribution in [3.63, 3.8) is 0 Å². The normalized spacial score (nSPS) is 11.0. The lowest BCUT2D eigenvalue weighted by molar-refractivity contribution is 1.20. The van der Waals surface area contributed by atoms with E-state index in [0.29, 0.717) is 22.8 Å². The number of benzene rings is 1. The first-order valence-corrected chi connectivity index (χ1v) is 21.4. The highest BCUT2D eigenvalue weighted by molar-refractivity contribution is 5.84. The van der Waals surface area contributed by atoms with Gasteiger partial charge in [0.25, 0.3) is 0 Å². The Morgan fingerprint density at radius 3 is 0.788 bits per heavy atom. The molecule has 0 N–H and O–H groups in total. The largest absolute Gasteiger partial charge is 0.255 e. The smallest absolute Gasteiger partial charge is 0.0987 e. The minimum absolute atomic E-state index is 0.697. The molecule has 10 nitrogen and oxygen atoms in total. The molecule has 0 saturated carbocycles. The molecular weight excluding hydrogens is 813 g/mol. The molecule has 0 amide bonds. The van der Waals surface area contributed by atoms with Gasteiger partial charge in [0.15, 0.2) is 0 Å². The second kappa shape index (κ2) is 17.8. The monoisotopic (exact) mass is 848 g/mol. The van der Waals surface area contributed by atoms with Gasteiger partial charge in [0.05, 0.1) is 91.1 Å². The van der Waals surface area contributed by atoms with Gasteiger partial charge >= 0.3 is 0 Å². The molecule has 0 unspecified atom stereocenters. The van der Waals surface area contributed by atoms with Crippen LogP contribution in [-0.4, -0.2) is 49.8 Å². The van der Waals surface area contributed by atoms with E-state index in [2.05, 4.69) is 56.3 Å². The topological polar surface area (TPSA) is 129 Å². The molecule has 11 aromatic rings. The van der Waals surface area contributed by atoms with Crippen LogP contribution in [-0.2, 0) is 0 Å². The molecule has 66 heavy (non-hydrogen) atoms. The third kappa shape index (κ3) is 8.21. The van der Waals surface area contributed by atoms with Gasteiger partial charge < -0.3 is 0 Å².